The fourth-order valence-corrected chi connectivity index (χ4v) is 2.95. The van der Waals surface area contributed by atoms with Gasteiger partial charge in [-0.15, -0.1) is 0 Å². The highest BCUT2D eigenvalue weighted by Gasteiger charge is 2.10. The van der Waals surface area contributed by atoms with Crippen molar-refractivity contribution in [2.75, 3.05) is 0 Å². The fourth-order valence-electron chi connectivity index (χ4n) is 1.64. The molecule has 98 valence electrons. The van der Waals surface area contributed by atoms with Gasteiger partial charge in [-0.1, -0.05) is 17.8 Å². The highest BCUT2D eigenvalue weighted by Crippen LogP contribution is 2.30. The van der Waals surface area contributed by atoms with Gasteiger partial charge in [0.2, 0.25) is 0 Å². The van der Waals surface area contributed by atoms with Gasteiger partial charge >= 0.3 is 5.97 Å². The average molecular weight is 338 g/mol. The topological polar surface area (TPSA) is 50.2 Å². The number of hydrogen-bond acceptors (Lipinski definition) is 3. The van der Waals surface area contributed by atoms with E-state index in [1.165, 1.54) is 11.8 Å². The van der Waals surface area contributed by atoms with E-state index in [2.05, 4.69) is 20.9 Å². The third-order valence-electron chi connectivity index (χ3n) is 2.65. The predicted octanol–water partition coefficient (Wildman–Crippen LogP) is 4.31. The van der Waals surface area contributed by atoms with Gasteiger partial charge in [0, 0.05) is 15.6 Å². The first kappa shape index (κ1) is 14.1. The van der Waals surface area contributed by atoms with Crippen LogP contribution in [0.5, 0.6) is 0 Å². The molecule has 0 aliphatic heterocycles. The minimum Gasteiger partial charge on any atom is -0.478 e. The molecule has 0 saturated carbocycles. The first-order valence-corrected chi connectivity index (χ1v) is 7.22. The van der Waals surface area contributed by atoms with Crippen molar-refractivity contribution in [3.05, 3.63) is 51.6 Å². The summed E-state index contributed by atoms with van der Waals surface area (Å²) in [4.78, 5) is 16.3. The summed E-state index contributed by atoms with van der Waals surface area (Å²) in [5.41, 5.74) is 2.15. The summed E-state index contributed by atoms with van der Waals surface area (Å²) in [6.45, 7) is 3.77. The Morgan fingerprint density at radius 2 is 2.00 bits per heavy atom. The number of hydrogen-bond donors (Lipinski definition) is 1. The van der Waals surface area contributed by atoms with Crippen LogP contribution in [-0.2, 0) is 0 Å². The van der Waals surface area contributed by atoms with Crippen molar-refractivity contribution in [1.82, 2.24) is 4.98 Å². The smallest absolute Gasteiger partial charge is 0.335 e. The zero-order valence-corrected chi connectivity index (χ0v) is 12.9. The third-order valence-corrected chi connectivity index (χ3v) is 4.19. The first-order valence-electron chi connectivity index (χ1n) is 5.61. The molecule has 2 rings (SSSR count). The van der Waals surface area contributed by atoms with E-state index in [4.69, 9.17) is 5.11 Å². The number of pyridine rings is 1. The lowest BCUT2D eigenvalue weighted by Gasteiger charge is -2.07. The number of rotatable bonds is 3. The van der Waals surface area contributed by atoms with Gasteiger partial charge in [-0.3, -0.25) is 0 Å². The molecule has 0 atom stereocenters. The highest BCUT2D eigenvalue weighted by molar-refractivity contribution is 9.10. The van der Waals surface area contributed by atoms with Crippen LogP contribution in [0.4, 0.5) is 0 Å². The molecule has 1 N–H and O–H groups in total. The van der Waals surface area contributed by atoms with Crippen LogP contribution in [0.15, 0.2) is 44.9 Å². The Morgan fingerprint density at radius 3 is 2.63 bits per heavy atom. The first-order chi connectivity index (χ1) is 8.97. The van der Waals surface area contributed by atoms with E-state index in [1.807, 2.05) is 25.1 Å². The zero-order valence-electron chi connectivity index (χ0n) is 10.5. The van der Waals surface area contributed by atoms with E-state index < -0.39 is 5.97 Å². The molecule has 0 spiro atoms. The van der Waals surface area contributed by atoms with E-state index in [9.17, 15) is 4.79 Å². The standard InChI is InChI=1S/C14H12BrNO2S/c1-8-3-4-11(6-12(8)14(17)18)19-13-9(2)5-10(15)7-16-13/h3-7H,1-2H3,(H,17,18). The molecule has 0 bridgehead atoms. The Bertz CT molecular complexity index is 643. The molecule has 0 radical (unpaired) electrons. The van der Waals surface area contributed by atoms with Crippen molar-refractivity contribution in [2.45, 2.75) is 23.8 Å². The molecule has 0 unspecified atom stereocenters. The SMILES string of the molecule is Cc1ccc(Sc2ncc(Br)cc2C)cc1C(=O)O. The molecule has 3 nitrogen and oxygen atoms in total. The van der Waals surface area contributed by atoms with Crippen LogP contribution in [0.3, 0.4) is 0 Å². The van der Waals surface area contributed by atoms with Gasteiger partial charge in [-0.05, 0) is 59.1 Å². The molecule has 1 aromatic carbocycles. The summed E-state index contributed by atoms with van der Waals surface area (Å²) in [7, 11) is 0. The number of aromatic nitrogens is 1. The van der Waals surface area contributed by atoms with Gasteiger partial charge < -0.3 is 5.11 Å². The van der Waals surface area contributed by atoms with E-state index in [0.717, 1.165) is 25.5 Å². The lowest BCUT2D eigenvalue weighted by molar-refractivity contribution is 0.0696. The molecule has 1 aromatic heterocycles. The number of carboxylic acids is 1. The van der Waals surface area contributed by atoms with Crippen molar-refractivity contribution < 1.29 is 9.90 Å². The maximum Gasteiger partial charge on any atom is 0.335 e. The molecule has 19 heavy (non-hydrogen) atoms. The van der Waals surface area contributed by atoms with Crippen LogP contribution in [0.1, 0.15) is 21.5 Å². The lowest BCUT2D eigenvalue weighted by atomic mass is 10.1. The van der Waals surface area contributed by atoms with Gasteiger partial charge in [0.25, 0.3) is 0 Å². The Balaban J connectivity index is 2.33. The molecule has 0 aliphatic carbocycles. The maximum absolute atomic E-state index is 11.1. The van der Waals surface area contributed by atoms with Crippen LogP contribution in [0.2, 0.25) is 0 Å². The van der Waals surface area contributed by atoms with Crippen LogP contribution in [0, 0.1) is 13.8 Å². The number of benzene rings is 1. The molecule has 5 heteroatoms. The lowest BCUT2D eigenvalue weighted by Crippen LogP contribution is -1.99. The molecule has 0 aliphatic rings. The number of aromatic carboxylic acids is 1. The molecule has 0 fully saturated rings. The molecule has 0 saturated heterocycles. The van der Waals surface area contributed by atoms with Crippen molar-refractivity contribution in [3.63, 3.8) is 0 Å². The highest BCUT2D eigenvalue weighted by atomic mass is 79.9. The predicted molar refractivity (Wildman–Crippen MR) is 78.9 cm³/mol. The van der Waals surface area contributed by atoms with Gasteiger partial charge in [0.1, 0.15) is 5.03 Å². The average Bonchev–Trinajstić information content (AvgIpc) is 2.34. The van der Waals surface area contributed by atoms with Gasteiger partial charge in [-0.2, -0.15) is 0 Å². The van der Waals surface area contributed by atoms with Crippen molar-refractivity contribution in [1.29, 1.82) is 0 Å². The minimum absolute atomic E-state index is 0.333. The quantitative estimate of drug-likeness (QED) is 0.906. The third kappa shape index (κ3) is 3.36. The molecule has 0 amide bonds. The van der Waals surface area contributed by atoms with Crippen LogP contribution in [-0.4, -0.2) is 16.1 Å². The summed E-state index contributed by atoms with van der Waals surface area (Å²) in [5, 5.41) is 9.99. The minimum atomic E-state index is -0.902. The summed E-state index contributed by atoms with van der Waals surface area (Å²) in [6, 6.07) is 7.41. The largest absolute Gasteiger partial charge is 0.478 e. The second-order valence-electron chi connectivity index (χ2n) is 4.16. The normalized spacial score (nSPS) is 10.5. The van der Waals surface area contributed by atoms with Crippen molar-refractivity contribution >= 4 is 33.7 Å². The van der Waals surface area contributed by atoms with E-state index in [-0.39, 0.29) is 0 Å². The Morgan fingerprint density at radius 1 is 1.26 bits per heavy atom. The molecular formula is C14H12BrNO2S. The molecule has 2 aromatic rings. The van der Waals surface area contributed by atoms with Crippen molar-refractivity contribution in [2.24, 2.45) is 0 Å². The molecule has 1 heterocycles. The van der Waals surface area contributed by atoms with E-state index >= 15 is 0 Å². The Kier molecular flexibility index (Phi) is 4.27. The zero-order chi connectivity index (χ0) is 14.0. The number of nitrogens with zero attached hydrogens (tertiary/aromatic N) is 1. The fraction of sp³-hybridized carbons (Fsp3) is 0.143. The van der Waals surface area contributed by atoms with Gasteiger partial charge in [0.05, 0.1) is 5.56 Å². The van der Waals surface area contributed by atoms with E-state index in [0.29, 0.717) is 5.56 Å². The second-order valence-corrected chi connectivity index (χ2v) is 6.14. The van der Waals surface area contributed by atoms with Crippen LogP contribution in [0.25, 0.3) is 0 Å². The van der Waals surface area contributed by atoms with Crippen LogP contribution >= 0.6 is 27.7 Å². The summed E-state index contributed by atoms with van der Waals surface area (Å²) >= 11 is 4.84. The monoisotopic (exact) mass is 337 g/mol. The van der Waals surface area contributed by atoms with E-state index in [1.54, 1.807) is 19.2 Å². The summed E-state index contributed by atoms with van der Waals surface area (Å²) in [6.07, 6.45) is 1.74. The van der Waals surface area contributed by atoms with Crippen molar-refractivity contribution in [3.8, 4) is 0 Å². The summed E-state index contributed by atoms with van der Waals surface area (Å²) in [5.74, 6) is -0.902. The molecular weight excluding hydrogens is 326 g/mol. The Labute approximate surface area is 124 Å². The van der Waals surface area contributed by atoms with Gasteiger partial charge in [0.15, 0.2) is 0 Å². The number of aryl methyl sites for hydroxylation is 2. The van der Waals surface area contributed by atoms with Crippen LogP contribution < -0.4 is 0 Å². The second kappa shape index (κ2) is 5.75. The number of carbonyl (C=O) groups is 1. The number of carboxylic acid groups (broad SMARTS) is 1. The maximum atomic E-state index is 11.1. The number of halogens is 1. The Hall–Kier alpha value is -1.33. The summed E-state index contributed by atoms with van der Waals surface area (Å²) < 4.78 is 0.935. The van der Waals surface area contributed by atoms with Gasteiger partial charge in [-0.25, -0.2) is 9.78 Å².